The van der Waals surface area contributed by atoms with E-state index in [0.29, 0.717) is 50.3 Å². The van der Waals surface area contributed by atoms with Crippen molar-refractivity contribution in [3.05, 3.63) is 29.8 Å². The van der Waals surface area contributed by atoms with Gasteiger partial charge in [-0.2, -0.15) is 0 Å². The molecular formula is C23H37NO9Si. The van der Waals surface area contributed by atoms with Crippen molar-refractivity contribution in [3.63, 3.8) is 0 Å². The van der Waals surface area contributed by atoms with E-state index in [0.717, 1.165) is 5.56 Å². The molecule has 10 nitrogen and oxygen atoms in total. The lowest BCUT2D eigenvalue weighted by molar-refractivity contribution is -0.134. The summed E-state index contributed by atoms with van der Waals surface area (Å²) in [5.74, 6) is 0.529. The summed E-state index contributed by atoms with van der Waals surface area (Å²) in [6.07, 6.45) is 3.03. The zero-order valence-corrected chi connectivity index (χ0v) is 21.7. The Balaban J connectivity index is 2.39. The van der Waals surface area contributed by atoms with Crippen molar-refractivity contribution in [2.75, 3.05) is 53.8 Å². The van der Waals surface area contributed by atoms with Crippen LogP contribution in [0.15, 0.2) is 24.3 Å². The molecule has 1 aromatic carbocycles. The molecule has 0 unspecified atom stereocenters. The summed E-state index contributed by atoms with van der Waals surface area (Å²) < 4.78 is 38.1. The van der Waals surface area contributed by atoms with Gasteiger partial charge in [-0.15, -0.1) is 0 Å². The van der Waals surface area contributed by atoms with Crippen molar-refractivity contribution in [1.82, 2.24) is 5.32 Å². The number of amides is 1. The molecule has 0 aliphatic rings. The van der Waals surface area contributed by atoms with E-state index < -0.39 is 20.9 Å². The third-order valence-corrected chi connectivity index (χ3v) is 7.55. The summed E-state index contributed by atoms with van der Waals surface area (Å²) in [7, 11) is 0.112. The van der Waals surface area contributed by atoms with Gasteiger partial charge in [0.2, 0.25) is 0 Å². The molecule has 0 aromatic heterocycles. The Kier molecular flexibility index (Phi) is 14.6. The summed E-state index contributed by atoms with van der Waals surface area (Å²) in [5, 5.41) is 2.71. The molecule has 0 saturated carbocycles. The smallest absolute Gasteiger partial charge is 0.493 e. The van der Waals surface area contributed by atoms with Crippen LogP contribution in [0.25, 0.3) is 6.08 Å². The highest BCUT2D eigenvalue weighted by molar-refractivity contribution is 6.60. The number of alkyl carbamates (subject to hydrolysis) is 1. The molecule has 0 bridgehead atoms. The van der Waals surface area contributed by atoms with Crippen LogP contribution in [-0.2, 0) is 27.5 Å². The quantitative estimate of drug-likeness (QED) is 0.149. The number of esters is 1. The lowest BCUT2D eigenvalue weighted by atomic mass is 10.2. The molecule has 34 heavy (non-hydrogen) atoms. The lowest BCUT2D eigenvalue weighted by Gasteiger charge is -2.28. The second-order valence-electron chi connectivity index (χ2n) is 6.76. The molecule has 1 amide bonds. The lowest BCUT2D eigenvalue weighted by Crippen LogP contribution is -2.46. The van der Waals surface area contributed by atoms with E-state index in [1.54, 1.807) is 24.3 Å². The van der Waals surface area contributed by atoms with Gasteiger partial charge in [0.15, 0.2) is 11.5 Å². The normalized spacial score (nSPS) is 11.3. The first-order valence-electron chi connectivity index (χ1n) is 11.3. The number of rotatable bonds is 17. The van der Waals surface area contributed by atoms with E-state index in [4.69, 9.17) is 27.5 Å². The molecule has 11 heteroatoms. The number of carbonyl (C=O) groups is 2. The molecule has 0 aliphatic heterocycles. The maximum atomic E-state index is 11.9. The maximum Gasteiger partial charge on any atom is 0.500 e. The minimum atomic E-state index is -2.71. The summed E-state index contributed by atoms with van der Waals surface area (Å²) in [6, 6.07) is 5.80. The van der Waals surface area contributed by atoms with Gasteiger partial charge in [0.05, 0.1) is 14.2 Å². The highest BCUT2D eigenvalue weighted by atomic mass is 28.4. The van der Waals surface area contributed by atoms with Crippen molar-refractivity contribution in [1.29, 1.82) is 0 Å². The van der Waals surface area contributed by atoms with Crippen LogP contribution in [0.4, 0.5) is 4.79 Å². The molecule has 192 valence electrons. The van der Waals surface area contributed by atoms with E-state index in [2.05, 4.69) is 10.1 Å². The van der Waals surface area contributed by atoms with E-state index >= 15 is 0 Å². The van der Waals surface area contributed by atoms with Gasteiger partial charge in [0.25, 0.3) is 0 Å². The second kappa shape index (κ2) is 16.9. The number of hydrogen-bond donors (Lipinski definition) is 1. The molecule has 1 aromatic rings. The third kappa shape index (κ3) is 11.0. The van der Waals surface area contributed by atoms with Crippen LogP contribution in [0.1, 0.15) is 32.8 Å². The molecule has 0 atom stereocenters. The molecule has 0 aliphatic carbocycles. The highest BCUT2D eigenvalue weighted by Gasteiger charge is 2.39. The van der Waals surface area contributed by atoms with Gasteiger partial charge in [-0.25, -0.2) is 9.59 Å². The Hall–Kier alpha value is -2.60. The highest BCUT2D eigenvalue weighted by Crippen LogP contribution is 2.28. The summed E-state index contributed by atoms with van der Waals surface area (Å²) in [4.78, 5) is 23.1. The van der Waals surface area contributed by atoms with Crippen LogP contribution < -0.4 is 14.8 Å². The van der Waals surface area contributed by atoms with Crippen molar-refractivity contribution < 1.29 is 41.8 Å². The first-order valence-corrected chi connectivity index (χ1v) is 13.3. The van der Waals surface area contributed by atoms with E-state index in [1.807, 2.05) is 20.8 Å². The fraction of sp³-hybridized carbons (Fsp3) is 0.565. The Bertz CT molecular complexity index is 756. The predicted octanol–water partition coefficient (Wildman–Crippen LogP) is 3.42. The monoisotopic (exact) mass is 499 g/mol. The molecule has 0 fully saturated rings. The molecule has 1 N–H and O–H groups in total. The molecule has 0 radical (unpaired) electrons. The van der Waals surface area contributed by atoms with Gasteiger partial charge in [-0.3, -0.25) is 0 Å². The molecule has 1 rings (SSSR count). The minimum absolute atomic E-state index is 0.0640. The minimum Gasteiger partial charge on any atom is -0.493 e. The second-order valence-corrected chi connectivity index (χ2v) is 9.50. The van der Waals surface area contributed by atoms with E-state index in [1.165, 1.54) is 20.3 Å². The van der Waals surface area contributed by atoms with Gasteiger partial charge in [-0.1, -0.05) is 6.07 Å². The van der Waals surface area contributed by atoms with Crippen molar-refractivity contribution >= 4 is 26.9 Å². The van der Waals surface area contributed by atoms with E-state index in [-0.39, 0.29) is 13.2 Å². The first-order chi connectivity index (χ1) is 16.4. The summed E-state index contributed by atoms with van der Waals surface area (Å²) in [5.41, 5.74) is 0.746. The van der Waals surface area contributed by atoms with Gasteiger partial charge < -0.3 is 37.5 Å². The van der Waals surface area contributed by atoms with Crippen molar-refractivity contribution in [2.45, 2.75) is 33.2 Å². The SMILES string of the molecule is CCO[Si](CCCNC(=O)OCCOc1ccc(C=CC(=O)OC)cc1OC)(OCC)OCC. The number of hydrogen-bond acceptors (Lipinski definition) is 9. The molecular weight excluding hydrogens is 462 g/mol. The molecule has 0 saturated heterocycles. The van der Waals surface area contributed by atoms with Crippen LogP contribution in [0, 0.1) is 0 Å². The van der Waals surface area contributed by atoms with E-state index in [9.17, 15) is 9.59 Å². The number of ether oxygens (including phenoxy) is 4. The predicted molar refractivity (Wildman–Crippen MR) is 129 cm³/mol. The number of nitrogens with one attached hydrogen (secondary N) is 1. The molecule has 0 spiro atoms. The largest absolute Gasteiger partial charge is 0.500 e. The Morgan fingerprint density at radius 3 is 2.24 bits per heavy atom. The van der Waals surface area contributed by atoms with Crippen LogP contribution in [0.5, 0.6) is 11.5 Å². The topological polar surface area (TPSA) is 111 Å². The number of methoxy groups -OCH3 is 2. The standard InChI is InChI=1S/C23H37NO9Si/c1-6-31-34(32-7-2,33-8-3)17-9-14-24-23(26)30-16-15-29-20-12-10-19(18-21(20)27-4)11-13-22(25)28-5/h10-13,18H,6-9,14-17H2,1-5H3,(H,24,26). The number of carbonyl (C=O) groups excluding carboxylic acids is 2. The molecule has 0 heterocycles. The van der Waals surface area contributed by atoms with Gasteiger partial charge >= 0.3 is 20.9 Å². The Labute approximate surface area is 202 Å². The summed E-state index contributed by atoms with van der Waals surface area (Å²) in [6.45, 7) is 7.88. The van der Waals surface area contributed by atoms with Crippen LogP contribution in [-0.4, -0.2) is 74.7 Å². The van der Waals surface area contributed by atoms with Gasteiger partial charge in [0, 0.05) is 38.5 Å². The fourth-order valence-electron chi connectivity index (χ4n) is 2.97. The van der Waals surface area contributed by atoms with Crippen molar-refractivity contribution in [2.24, 2.45) is 0 Å². The fourth-order valence-corrected chi connectivity index (χ4v) is 5.59. The van der Waals surface area contributed by atoms with Crippen LogP contribution in [0.2, 0.25) is 6.04 Å². The number of benzene rings is 1. The zero-order valence-electron chi connectivity index (χ0n) is 20.7. The summed E-state index contributed by atoms with van der Waals surface area (Å²) >= 11 is 0. The average Bonchev–Trinajstić information content (AvgIpc) is 2.83. The Morgan fingerprint density at radius 1 is 0.971 bits per heavy atom. The van der Waals surface area contributed by atoms with Gasteiger partial charge in [-0.05, 0) is 51.0 Å². The van der Waals surface area contributed by atoms with Crippen molar-refractivity contribution in [3.8, 4) is 11.5 Å². The third-order valence-electron chi connectivity index (χ3n) is 4.40. The average molecular weight is 500 g/mol. The maximum absolute atomic E-state index is 11.9. The van der Waals surface area contributed by atoms with Crippen LogP contribution >= 0.6 is 0 Å². The van der Waals surface area contributed by atoms with Gasteiger partial charge in [0.1, 0.15) is 13.2 Å². The van der Waals surface area contributed by atoms with Crippen LogP contribution in [0.3, 0.4) is 0 Å². The first kappa shape index (κ1) is 29.4. The zero-order chi connectivity index (χ0) is 25.2. The Morgan fingerprint density at radius 2 is 1.65 bits per heavy atom.